The number of ketones is 1. The number of benzene rings is 2. The summed E-state index contributed by atoms with van der Waals surface area (Å²) in [4.78, 5) is 34.3. The minimum Gasteiger partial charge on any atom is -0.507 e. The highest BCUT2D eigenvalue weighted by Gasteiger charge is 2.15. The molecular weight excluding hydrogens is 338 g/mol. The van der Waals surface area contributed by atoms with Gasteiger partial charge in [0, 0.05) is 25.0 Å². The lowest BCUT2D eigenvalue weighted by atomic mass is 10.0. The van der Waals surface area contributed by atoms with Gasteiger partial charge in [-0.05, 0) is 24.1 Å². The van der Waals surface area contributed by atoms with Crippen LogP contribution in [0.2, 0.25) is 0 Å². The third-order valence-electron chi connectivity index (χ3n) is 4.08. The first-order valence-corrected chi connectivity index (χ1v) is 7.94. The maximum absolute atomic E-state index is 12.1. The van der Waals surface area contributed by atoms with Crippen LogP contribution >= 0.6 is 0 Å². The van der Waals surface area contributed by atoms with Crippen molar-refractivity contribution < 1.29 is 19.2 Å². The molecule has 0 atom stereocenters. The Morgan fingerprint density at radius 1 is 1.12 bits per heavy atom. The molecule has 0 radical (unpaired) electrons. The van der Waals surface area contributed by atoms with Gasteiger partial charge in [-0.3, -0.25) is 14.9 Å². The van der Waals surface area contributed by atoms with Crippen molar-refractivity contribution >= 4 is 22.4 Å². The van der Waals surface area contributed by atoms with Crippen LogP contribution in [0.3, 0.4) is 0 Å². The normalized spacial score (nSPS) is 10.8. The summed E-state index contributed by atoms with van der Waals surface area (Å²) in [5.74, 6) is -0.314. The molecule has 0 unspecified atom stereocenters. The number of para-hydroxylation sites is 1. The van der Waals surface area contributed by atoms with E-state index >= 15 is 0 Å². The lowest BCUT2D eigenvalue weighted by Crippen LogP contribution is -2.11. The number of nitro benzene ring substituents is 1. The van der Waals surface area contributed by atoms with Crippen LogP contribution in [0.5, 0.6) is 5.75 Å². The fourth-order valence-electron chi connectivity index (χ4n) is 2.71. The highest BCUT2D eigenvalue weighted by molar-refractivity contribution is 5.85. The summed E-state index contributed by atoms with van der Waals surface area (Å²) in [6.07, 6.45) is 0.204. The van der Waals surface area contributed by atoms with Crippen LogP contribution in [0.15, 0.2) is 57.7 Å². The molecule has 0 aliphatic heterocycles. The summed E-state index contributed by atoms with van der Waals surface area (Å²) in [7, 11) is 0. The first kappa shape index (κ1) is 17.3. The third-order valence-corrected chi connectivity index (χ3v) is 4.08. The minimum atomic E-state index is -0.663. The fourth-order valence-corrected chi connectivity index (χ4v) is 2.71. The molecule has 1 N–H and O–H groups in total. The molecule has 0 aliphatic rings. The summed E-state index contributed by atoms with van der Waals surface area (Å²) >= 11 is 0. The predicted octanol–water partition coefficient (Wildman–Crippen LogP) is 3.15. The van der Waals surface area contributed by atoms with Crippen LogP contribution in [0.25, 0.3) is 11.0 Å². The van der Waals surface area contributed by atoms with E-state index in [0.29, 0.717) is 10.9 Å². The van der Waals surface area contributed by atoms with Gasteiger partial charge in [0.1, 0.15) is 17.1 Å². The van der Waals surface area contributed by atoms with Crippen LogP contribution in [0.1, 0.15) is 17.5 Å². The highest BCUT2D eigenvalue weighted by Crippen LogP contribution is 2.26. The van der Waals surface area contributed by atoms with Gasteiger partial charge in [0.05, 0.1) is 15.9 Å². The molecule has 0 aliphatic carbocycles. The number of hydrogen-bond donors (Lipinski definition) is 1. The zero-order chi connectivity index (χ0) is 18.7. The van der Waals surface area contributed by atoms with Crippen LogP contribution < -0.4 is 5.63 Å². The molecule has 2 aromatic carbocycles. The second-order valence-electron chi connectivity index (χ2n) is 5.85. The lowest BCUT2D eigenvalue weighted by molar-refractivity contribution is -0.384. The molecule has 0 saturated carbocycles. The number of hydrogen-bond acceptors (Lipinski definition) is 6. The molecule has 0 saturated heterocycles. The van der Waals surface area contributed by atoms with E-state index in [2.05, 4.69) is 0 Å². The number of nitro groups is 1. The van der Waals surface area contributed by atoms with Gasteiger partial charge in [0.15, 0.2) is 0 Å². The van der Waals surface area contributed by atoms with Gasteiger partial charge in [-0.2, -0.15) is 0 Å². The number of carbonyl (C=O) groups excluding carboxylic acids is 1. The summed E-state index contributed by atoms with van der Waals surface area (Å²) in [5, 5.41) is 21.3. The molecule has 26 heavy (non-hydrogen) atoms. The van der Waals surface area contributed by atoms with E-state index in [1.165, 1.54) is 24.3 Å². The van der Waals surface area contributed by atoms with Crippen LogP contribution in [-0.4, -0.2) is 15.8 Å². The van der Waals surface area contributed by atoms with E-state index in [0.717, 1.165) is 0 Å². The largest absolute Gasteiger partial charge is 0.507 e. The third kappa shape index (κ3) is 3.61. The zero-order valence-corrected chi connectivity index (χ0v) is 13.7. The molecular formula is C19H15NO6. The number of aromatic hydroxyl groups is 1. The van der Waals surface area contributed by atoms with Gasteiger partial charge in [0.25, 0.3) is 5.69 Å². The van der Waals surface area contributed by atoms with Crippen LogP contribution in [0, 0.1) is 10.1 Å². The van der Waals surface area contributed by atoms with E-state index < -0.39 is 10.5 Å². The molecule has 0 fully saturated rings. The van der Waals surface area contributed by atoms with Crippen molar-refractivity contribution in [1.29, 1.82) is 0 Å². The molecule has 1 heterocycles. The Labute approximate surface area is 147 Å². The maximum Gasteiger partial charge on any atom is 0.343 e. The van der Waals surface area contributed by atoms with Crippen molar-refractivity contribution in [2.24, 2.45) is 0 Å². The van der Waals surface area contributed by atoms with Crippen molar-refractivity contribution in [1.82, 2.24) is 0 Å². The van der Waals surface area contributed by atoms with Crippen molar-refractivity contribution in [2.45, 2.75) is 19.3 Å². The number of rotatable bonds is 6. The molecule has 7 nitrogen and oxygen atoms in total. The summed E-state index contributed by atoms with van der Waals surface area (Å²) < 4.78 is 5.17. The minimum absolute atomic E-state index is 0.0418. The van der Waals surface area contributed by atoms with Crippen LogP contribution in [-0.2, 0) is 17.6 Å². The zero-order valence-electron chi connectivity index (χ0n) is 13.7. The Bertz CT molecular complexity index is 1040. The van der Waals surface area contributed by atoms with E-state index in [1.807, 2.05) is 0 Å². The number of Topliss-reactive ketones (excluding diaryl/α,β-unsaturated/α-hetero) is 1. The van der Waals surface area contributed by atoms with Gasteiger partial charge in [0.2, 0.25) is 0 Å². The van der Waals surface area contributed by atoms with Crippen molar-refractivity contribution in [2.75, 3.05) is 0 Å². The average molecular weight is 353 g/mol. The monoisotopic (exact) mass is 353 g/mol. The molecule has 3 aromatic rings. The van der Waals surface area contributed by atoms with Gasteiger partial charge in [-0.25, -0.2) is 4.79 Å². The molecule has 7 heteroatoms. The van der Waals surface area contributed by atoms with E-state index in [4.69, 9.17) is 4.42 Å². The molecule has 0 spiro atoms. The molecule has 0 bridgehead atoms. The van der Waals surface area contributed by atoms with Gasteiger partial charge < -0.3 is 9.52 Å². The Kier molecular flexibility index (Phi) is 4.79. The van der Waals surface area contributed by atoms with Gasteiger partial charge in [-0.1, -0.05) is 24.3 Å². The SMILES string of the molecule is O=C(CCc1c(O)c2ccccc2oc1=O)Cc1ccc([N+](=O)[O-])cc1. The first-order chi connectivity index (χ1) is 12.5. The Hall–Kier alpha value is -3.48. The van der Waals surface area contributed by atoms with Gasteiger partial charge >= 0.3 is 5.63 Å². The van der Waals surface area contributed by atoms with E-state index in [9.17, 15) is 24.8 Å². The van der Waals surface area contributed by atoms with Crippen molar-refractivity contribution in [3.63, 3.8) is 0 Å². The predicted molar refractivity (Wildman–Crippen MR) is 94.3 cm³/mol. The first-order valence-electron chi connectivity index (χ1n) is 7.94. The standard InChI is InChI=1S/C19H15NO6/c21-14(11-12-5-7-13(8-6-12)20(24)25)9-10-16-18(22)15-3-1-2-4-17(15)26-19(16)23/h1-8,22H,9-11H2. The summed E-state index contributed by atoms with van der Waals surface area (Å²) in [6, 6.07) is 12.4. The quantitative estimate of drug-likeness (QED) is 0.414. The summed E-state index contributed by atoms with van der Waals surface area (Å²) in [5.41, 5.74) is 0.302. The van der Waals surface area contributed by atoms with Gasteiger partial charge in [-0.15, -0.1) is 0 Å². The number of non-ortho nitro benzene ring substituents is 1. The summed E-state index contributed by atoms with van der Waals surface area (Å²) in [6.45, 7) is 0. The molecule has 1 aromatic heterocycles. The van der Waals surface area contributed by atoms with Crippen LogP contribution in [0.4, 0.5) is 5.69 Å². The molecule has 0 amide bonds. The second-order valence-corrected chi connectivity index (χ2v) is 5.85. The van der Waals surface area contributed by atoms with Crippen molar-refractivity contribution in [3.8, 4) is 5.75 Å². The Morgan fingerprint density at radius 2 is 1.81 bits per heavy atom. The Balaban J connectivity index is 1.70. The number of carbonyl (C=O) groups is 1. The fraction of sp³-hybridized carbons (Fsp3) is 0.158. The highest BCUT2D eigenvalue weighted by atomic mass is 16.6. The van der Waals surface area contributed by atoms with Crippen molar-refractivity contribution in [3.05, 3.63) is 80.2 Å². The molecule has 132 valence electrons. The smallest absolute Gasteiger partial charge is 0.343 e. The molecule has 3 rings (SSSR count). The maximum atomic E-state index is 12.1. The second kappa shape index (κ2) is 7.18. The number of nitrogens with zero attached hydrogens (tertiary/aromatic N) is 1. The van der Waals surface area contributed by atoms with E-state index in [-0.39, 0.29) is 47.6 Å². The number of fused-ring (bicyclic) bond motifs is 1. The average Bonchev–Trinajstić information content (AvgIpc) is 2.62. The lowest BCUT2D eigenvalue weighted by Gasteiger charge is -2.06. The Morgan fingerprint density at radius 3 is 2.50 bits per heavy atom. The van der Waals surface area contributed by atoms with E-state index in [1.54, 1.807) is 24.3 Å². The topological polar surface area (TPSA) is 111 Å².